The topological polar surface area (TPSA) is 66.2 Å². The number of thioether (sulfide) groups is 1. The average molecular weight is 478 g/mol. The number of benzene rings is 2. The van der Waals surface area contributed by atoms with Gasteiger partial charge in [-0.05, 0) is 37.3 Å². The first kappa shape index (κ1) is 23.2. The number of rotatable bonds is 10. The largest absolute Gasteiger partial charge is 0.497 e. The fraction of sp³-hybridized carbons (Fsp3) is 0.227. The molecule has 0 aliphatic carbocycles. The number of carbonyl (C=O) groups is 1. The van der Waals surface area contributed by atoms with E-state index in [0.717, 1.165) is 0 Å². The predicted molar refractivity (Wildman–Crippen MR) is 124 cm³/mol. The van der Waals surface area contributed by atoms with Gasteiger partial charge in [-0.1, -0.05) is 47.1 Å². The summed E-state index contributed by atoms with van der Waals surface area (Å²) >= 11 is 13.3. The Morgan fingerprint density at radius 2 is 2.00 bits per heavy atom. The van der Waals surface area contributed by atoms with Crippen molar-refractivity contribution in [2.24, 2.45) is 0 Å². The van der Waals surface area contributed by atoms with E-state index in [-0.39, 0.29) is 17.6 Å². The maximum atomic E-state index is 12.6. The van der Waals surface area contributed by atoms with E-state index in [1.54, 1.807) is 37.5 Å². The summed E-state index contributed by atoms with van der Waals surface area (Å²) in [7, 11) is 1.60. The number of carbonyl (C=O) groups excluding carboxylic acids is 1. The van der Waals surface area contributed by atoms with Crippen molar-refractivity contribution in [2.45, 2.75) is 24.7 Å². The van der Waals surface area contributed by atoms with Gasteiger partial charge in [0.25, 0.3) is 0 Å². The van der Waals surface area contributed by atoms with Crippen LogP contribution >= 0.6 is 35.0 Å². The molecule has 6 nitrogen and oxygen atoms in total. The van der Waals surface area contributed by atoms with Crippen LogP contribution in [0.5, 0.6) is 11.5 Å². The van der Waals surface area contributed by atoms with Crippen LogP contribution in [0, 0.1) is 0 Å². The second-order valence-electron chi connectivity index (χ2n) is 6.52. The van der Waals surface area contributed by atoms with Crippen LogP contribution in [0.1, 0.15) is 29.2 Å². The molecule has 9 heteroatoms. The molecule has 0 amide bonds. The molecule has 0 fully saturated rings. The van der Waals surface area contributed by atoms with Crippen molar-refractivity contribution in [3.63, 3.8) is 0 Å². The summed E-state index contributed by atoms with van der Waals surface area (Å²) < 4.78 is 13.1. The summed E-state index contributed by atoms with van der Waals surface area (Å²) in [6, 6.07) is 12.2. The lowest BCUT2D eigenvalue weighted by atomic mass is 10.1. The Kier molecular flexibility index (Phi) is 8.01. The zero-order valence-electron chi connectivity index (χ0n) is 17.0. The molecule has 3 rings (SSSR count). The highest BCUT2D eigenvalue weighted by Crippen LogP contribution is 2.28. The summed E-state index contributed by atoms with van der Waals surface area (Å²) in [5.74, 6) is 2.01. The molecule has 0 aliphatic heterocycles. The highest BCUT2D eigenvalue weighted by molar-refractivity contribution is 7.99. The van der Waals surface area contributed by atoms with Gasteiger partial charge in [-0.2, -0.15) is 0 Å². The van der Waals surface area contributed by atoms with E-state index in [1.165, 1.54) is 11.8 Å². The van der Waals surface area contributed by atoms with Crippen molar-refractivity contribution < 1.29 is 14.3 Å². The molecule has 1 unspecified atom stereocenters. The summed E-state index contributed by atoms with van der Waals surface area (Å²) in [4.78, 5) is 12.6. The molecule has 0 N–H and O–H groups in total. The molecular formula is C22H21Cl2N3O3S. The van der Waals surface area contributed by atoms with Gasteiger partial charge in [0.15, 0.2) is 22.9 Å². The molecule has 1 atom stereocenters. The fourth-order valence-corrected chi connectivity index (χ4v) is 4.22. The van der Waals surface area contributed by atoms with E-state index in [2.05, 4.69) is 16.8 Å². The molecule has 162 valence electrons. The number of nitrogens with zero attached hydrogens (tertiary/aromatic N) is 3. The first-order valence-corrected chi connectivity index (χ1v) is 11.1. The molecular weight excluding hydrogens is 457 g/mol. The molecule has 31 heavy (non-hydrogen) atoms. The first-order valence-electron chi connectivity index (χ1n) is 9.38. The smallest absolute Gasteiger partial charge is 0.192 e. The van der Waals surface area contributed by atoms with Gasteiger partial charge in [0.2, 0.25) is 0 Å². The minimum absolute atomic E-state index is 0.123. The van der Waals surface area contributed by atoms with Gasteiger partial charge in [-0.25, -0.2) is 0 Å². The second-order valence-corrected chi connectivity index (χ2v) is 8.30. The zero-order valence-corrected chi connectivity index (χ0v) is 19.4. The lowest BCUT2D eigenvalue weighted by molar-refractivity contribution is 0.102. The molecule has 1 aromatic heterocycles. The summed E-state index contributed by atoms with van der Waals surface area (Å²) in [6.07, 6.45) is 1.36. The van der Waals surface area contributed by atoms with Gasteiger partial charge in [0, 0.05) is 23.2 Å². The third-order valence-electron chi connectivity index (χ3n) is 4.34. The standard InChI is InChI=1S/C22H21Cl2N3O3S/c1-4-10-27-21(14(2)30-17-7-5-6-16(12-17)29-3)25-26-22(27)31-13-20(28)18-9-8-15(23)11-19(18)24/h4-9,11-12,14H,1,10,13H2,2-3H3. The van der Waals surface area contributed by atoms with Gasteiger partial charge in [0.05, 0.1) is 17.9 Å². The van der Waals surface area contributed by atoms with Crippen LogP contribution in [-0.4, -0.2) is 33.4 Å². The van der Waals surface area contributed by atoms with Crippen LogP contribution in [-0.2, 0) is 6.54 Å². The normalized spacial score (nSPS) is 11.7. The number of aromatic nitrogens is 3. The SMILES string of the molecule is C=CCn1c(SCC(=O)c2ccc(Cl)cc2Cl)nnc1C(C)Oc1cccc(OC)c1. The monoisotopic (exact) mass is 477 g/mol. The van der Waals surface area contributed by atoms with Gasteiger partial charge in [-0.3, -0.25) is 9.36 Å². The van der Waals surface area contributed by atoms with Gasteiger partial charge in [-0.15, -0.1) is 16.8 Å². The van der Waals surface area contributed by atoms with E-state index in [4.69, 9.17) is 32.7 Å². The quantitative estimate of drug-likeness (QED) is 0.206. The van der Waals surface area contributed by atoms with Gasteiger partial charge >= 0.3 is 0 Å². The van der Waals surface area contributed by atoms with E-state index >= 15 is 0 Å². The van der Waals surface area contributed by atoms with Crippen LogP contribution in [0.25, 0.3) is 0 Å². The summed E-state index contributed by atoms with van der Waals surface area (Å²) in [5.41, 5.74) is 0.420. The Bertz CT molecular complexity index is 1090. The first-order chi connectivity index (χ1) is 14.9. The third-order valence-corrected chi connectivity index (χ3v) is 5.85. The molecule has 1 heterocycles. The van der Waals surface area contributed by atoms with Crippen molar-refractivity contribution in [1.82, 2.24) is 14.8 Å². The van der Waals surface area contributed by atoms with Crippen molar-refractivity contribution in [1.29, 1.82) is 0 Å². The fourth-order valence-electron chi connectivity index (χ4n) is 2.86. The van der Waals surface area contributed by atoms with E-state index in [1.807, 2.05) is 29.7 Å². The van der Waals surface area contributed by atoms with Gasteiger partial charge < -0.3 is 9.47 Å². The Balaban J connectivity index is 1.74. The minimum atomic E-state index is -0.379. The molecule has 0 bridgehead atoms. The Morgan fingerprint density at radius 1 is 1.23 bits per heavy atom. The lowest BCUT2D eigenvalue weighted by Crippen LogP contribution is -2.12. The second kappa shape index (κ2) is 10.7. The average Bonchev–Trinajstić information content (AvgIpc) is 3.15. The van der Waals surface area contributed by atoms with Crippen LogP contribution in [0.2, 0.25) is 10.0 Å². The van der Waals surface area contributed by atoms with Crippen molar-refractivity contribution in [2.75, 3.05) is 12.9 Å². The highest BCUT2D eigenvalue weighted by Gasteiger charge is 2.20. The lowest BCUT2D eigenvalue weighted by Gasteiger charge is -2.16. The van der Waals surface area contributed by atoms with Gasteiger partial charge in [0.1, 0.15) is 11.5 Å². The van der Waals surface area contributed by atoms with Crippen LogP contribution in [0.4, 0.5) is 0 Å². The minimum Gasteiger partial charge on any atom is -0.497 e. The zero-order chi connectivity index (χ0) is 22.4. The number of ether oxygens (including phenoxy) is 2. The number of allylic oxidation sites excluding steroid dienone is 1. The molecule has 2 aromatic carbocycles. The Labute approximate surface area is 195 Å². The highest BCUT2D eigenvalue weighted by atomic mass is 35.5. The molecule has 0 spiro atoms. The molecule has 0 saturated carbocycles. The number of hydrogen-bond donors (Lipinski definition) is 0. The third kappa shape index (κ3) is 5.81. The predicted octanol–water partition coefficient (Wildman–Crippen LogP) is 5.89. The van der Waals surface area contributed by atoms with E-state index < -0.39 is 0 Å². The van der Waals surface area contributed by atoms with Crippen LogP contribution in [0.15, 0.2) is 60.3 Å². The number of Topliss-reactive ketones (excluding diaryl/α,β-unsaturated/α-hetero) is 1. The molecule has 3 aromatic rings. The number of halogens is 2. The maximum absolute atomic E-state index is 12.6. The summed E-state index contributed by atoms with van der Waals surface area (Å²) in [5, 5.41) is 9.94. The maximum Gasteiger partial charge on any atom is 0.192 e. The Hall–Kier alpha value is -2.48. The molecule has 0 saturated heterocycles. The van der Waals surface area contributed by atoms with Crippen molar-refractivity contribution >= 4 is 40.7 Å². The van der Waals surface area contributed by atoms with Crippen LogP contribution in [0.3, 0.4) is 0 Å². The van der Waals surface area contributed by atoms with Crippen molar-refractivity contribution in [3.8, 4) is 11.5 Å². The van der Waals surface area contributed by atoms with E-state index in [0.29, 0.717) is 44.6 Å². The molecule has 0 radical (unpaired) electrons. The Morgan fingerprint density at radius 3 is 2.71 bits per heavy atom. The summed E-state index contributed by atoms with van der Waals surface area (Å²) in [6.45, 7) is 6.17. The molecule has 0 aliphatic rings. The van der Waals surface area contributed by atoms with Crippen LogP contribution < -0.4 is 9.47 Å². The van der Waals surface area contributed by atoms with Crippen molar-refractivity contribution in [3.05, 3.63) is 76.6 Å². The number of ketones is 1. The van der Waals surface area contributed by atoms with E-state index in [9.17, 15) is 4.79 Å². The number of methoxy groups -OCH3 is 1. The number of hydrogen-bond acceptors (Lipinski definition) is 6.